The summed E-state index contributed by atoms with van der Waals surface area (Å²) in [5.41, 5.74) is 7.62. The van der Waals surface area contributed by atoms with Crippen molar-refractivity contribution in [3.63, 3.8) is 0 Å². The van der Waals surface area contributed by atoms with E-state index in [0.29, 0.717) is 17.6 Å². The Hall–Kier alpha value is -2.11. The van der Waals surface area contributed by atoms with Crippen LogP contribution in [0.4, 0.5) is 5.69 Å². The summed E-state index contributed by atoms with van der Waals surface area (Å²) < 4.78 is 21.4. The second-order valence-electron chi connectivity index (χ2n) is 9.30. The van der Waals surface area contributed by atoms with Gasteiger partial charge in [0.2, 0.25) is 0 Å². The molecule has 0 spiro atoms. The fourth-order valence-corrected chi connectivity index (χ4v) is 6.04. The lowest BCUT2D eigenvalue weighted by atomic mass is 9.77. The number of aryl methyl sites for hydroxylation is 1. The lowest BCUT2D eigenvalue weighted by molar-refractivity contribution is 0.189. The topological polar surface area (TPSA) is 50.4 Å². The number of hydrogen-bond donors (Lipinski definition) is 2. The van der Waals surface area contributed by atoms with E-state index >= 15 is 0 Å². The van der Waals surface area contributed by atoms with Crippen molar-refractivity contribution in [3.05, 3.63) is 76.5 Å². The Morgan fingerprint density at radius 3 is 2.81 bits per heavy atom. The van der Waals surface area contributed by atoms with Gasteiger partial charge in [0.25, 0.3) is 0 Å². The first kappa shape index (κ1) is 23.1. The molecule has 4 rings (SSSR count). The summed E-state index contributed by atoms with van der Waals surface area (Å²) in [6, 6.07) is 15.1. The monoisotopic (exact) mass is 452 g/mol. The van der Waals surface area contributed by atoms with Crippen LogP contribution in [-0.4, -0.2) is 29.7 Å². The smallest absolute Gasteiger partial charge is 0.117 e. The van der Waals surface area contributed by atoms with Gasteiger partial charge in [0, 0.05) is 30.5 Å². The van der Waals surface area contributed by atoms with Gasteiger partial charge in [-0.3, -0.25) is 0 Å². The second kappa shape index (κ2) is 10.7. The van der Waals surface area contributed by atoms with E-state index < -0.39 is 11.0 Å². The van der Waals surface area contributed by atoms with Crippen LogP contribution < -0.4 is 10.0 Å². The number of hydrogen-bond acceptors (Lipinski definition) is 3. The molecule has 2 N–H and O–H groups in total. The molecule has 5 heteroatoms. The number of nitrogens with one attached hydrogen (secondary N) is 2. The Labute approximate surface area is 195 Å². The zero-order valence-corrected chi connectivity index (χ0v) is 20.3. The van der Waals surface area contributed by atoms with E-state index in [0.717, 1.165) is 38.3 Å². The maximum absolute atomic E-state index is 12.7. The van der Waals surface area contributed by atoms with Gasteiger partial charge < -0.3 is 14.8 Å². The predicted octanol–water partition coefficient (Wildman–Crippen LogP) is 5.45. The van der Waals surface area contributed by atoms with E-state index in [1.54, 1.807) is 0 Å². The molecule has 0 aliphatic carbocycles. The molecular weight excluding hydrogens is 416 g/mol. The van der Waals surface area contributed by atoms with E-state index in [-0.39, 0.29) is 5.92 Å². The molecule has 2 heterocycles. The first-order valence-corrected chi connectivity index (χ1v) is 13.2. The number of ether oxygens (including phenoxy) is 1. The Balaban J connectivity index is 1.64. The summed E-state index contributed by atoms with van der Waals surface area (Å²) in [5, 5.41) is 3.54. The van der Waals surface area contributed by atoms with E-state index in [4.69, 9.17) is 4.74 Å². The summed E-state index contributed by atoms with van der Waals surface area (Å²) in [4.78, 5) is 0. The first-order valence-electron chi connectivity index (χ1n) is 11.9. The molecule has 0 aromatic heterocycles. The van der Waals surface area contributed by atoms with Crippen molar-refractivity contribution >= 4 is 16.7 Å². The number of allylic oxidation sites excluding steroid dienone is 1. The van der Waals surface area contributed by atoms with Gasteiger partial charge in [-0.05, 0) is 84.7 Å². The molecule has 0 bridgehead atoms. The van der Waals surface area contributed by atoms with Crippen LogP contribution in [0, 0.1) is 25.7 Å². The molecule has 1 saturated heterocycles. The average molecular weight is 453 g/mol. The minimum atomic E-state index is -1.10. The van der Waals surface area contributed by atoms with Gasteiger partial charge in [-0.25, -0.2) is 4.21 Å². The van der Waals surface area contributed by atoms with Crippen LogP contribution in [-0.2, 0) is 15.7 Å². The molecule has 172 valence electrons. The van der Waals surface area contributed by atoms with Crippen molar-refractivity contribution in [2.45, 2.75) is 46.0 Å². The Morgan fingerprint density at radius 2 is 2.03 bits per heavy atom. The Bertz CT molecular complexity index is 981. The van der Waals surface area contributed by atoms with Crippen LogP contribution in [0.2, 0.25) is 0 Å². The molecule has 2 aromatic carbocycles. The van der Waals surface area contributed by atoms with Crippen molar-refractivity contribution < 1.29 is 8.95 Å². The Kier molecular flexibility index (Phi) is 7.69. The molecule has 1 fully saturated rings. The summed E-state index contributed by atoms with van der Waals surface area (Å²) in [6.45, 7) is 9.25. The SMILES string of the molecule is CCC1CNC=C(C(c2cccc(NS(=O)CC3CCOC3)c2)c2cccc(C)c2C)C1. The van der Waals surface area contributed by atoms with Crippen LogP contribution in [0.3, 0.4) is 0 Å². The van der Waals surface area contributed by atoms with Gasteiger partial charge in [0.05, 0.1) is 6.61 Å². The molecule has 2 aliphatic rings. The first-order chi connectivity index (χ1) is 15.5. The predicted molar refractivity (Wildman–Crippen MR) is 134 cm³/mol. The summed E-state index contributed by atoms with van der Waals surface area (Å²) in [6.07, 6.45) is 5.51. The minimum absolute atomic E-state index is 0.190. The molecule has 2 aromatic rings. The quantitative estimate of drug-likeness (QED) is 0.560. The van der Waals surface area contributed by atoms with Crippen molar-refractivity contribution in [3.8, 4) is 0 Å². The van der Waals surface area contributed by atoms with Gasteiger partial charge >= 0.3 is 0 Å². The lowest BCUT2D eigenvalue weighted by Gasteiger charge is -2.30. The van der Waals surface area contributed by atoms with E-state index in [1.165, 1.54) is 34.2 Å². The standard InChI is InChI=1S/C27H36N2O2S/c1-4-21-13-24(16-28-15-21)27(26-10-5-7-19(2)20(26)3)23-8-6-9-25(14-23)29-32(30)18-22-11-12-31-17-22/h5-10,14,16,21-22,27-29H,4,11-13,15,17-18H2,1-3H3. The summed E-state index contributed by atoms with van der Waals surface area (Å²) in [5.74, 6) is 1.87. The molecule has 4 nitrogen and oxygen atoms in total. The largest absolute Gasteiger partial charge is 0.391 e. The molecule has 4 atom stereocenters. The van der Waals surface area contributed by atoms with Crippen LogP contribution >= 0.6 is 0 Å². The average Bonchev–Trinajstić information content (AvgIpc) is 3.30. The van der Waals surface area contributed by atoms with Crippen LogP contribution in [0.15, 0.2) is 54.2 Å². The highest BCUT2D eigenvalue weighted by atomic mass is 32.2. The second-order valence-corrected chi connectivity index (χ2v) is 10.5. The fraction of sp³-hybridized carbons (Fsp3) is 0.481. The molecule has 32 heavy (non-hydrogen) atoms. The van der Waals surface area contributed by atoms with Gasteiger partial charge in [0.1, 0.15) is 11.0 Å². The highest BCUT2D eigenvalue weighted by Gasteiger charge is 2.26. The van der Waals surface area contributed by atoms with E-state index in [9.17, 15) is 4.21 Å². The van der Waals surface area contributed by atoms with Crippen molar-refractivity contribution in [2.24, 2.45) is 11.8 Å². The molecule has 0 saturated carbocycles. The highest BCUT2D eigenvalue weighted by Crippen LogP contribution is 2.39. The molecular formula is C27H36N2O2S. The maximum Gasteiger partial charge on any atom is 0.117 e. The fourth-order valence-electron chi connectivity index (χ4n) is 4.87. The third-order valence-electron chi connectivity index (χ3n) is 6.99. The minimum Gasteiger partial charge on any atom is -0.391 e. The van der Waals surface area contributed by atoms with Crippen LogP contribution in [0.1, 0.15) is 54.4 Å². The zero-order chi connectivity index (χ0) is 22.5. The molecule has 4 unspecified atom stereocenters. The number of benzene rings is 2. The van der Waals surface area contributed by atoms with Crippen molar-refractivity contribution in [1.29, 1.82) is 0 Å². The molecule has 2 aliphatic heterocycles. The number of anilines is 1. The third-order valence-corrected chi connectivity index (χ3v) is 8.22. The maximum atomic E-state index is 12.7. The van der Waals surface area contributed by atoms with Crippen LogP contribution in [0.5, 0.6) is 0 Å². The van der Waals surface area contributed by atoms with Crippen molar-refractivity contribution in [1.82, 2.24) is 5.32 Å². The van der Waals surface area contributed by atoms with Gasteiger partial charge in [-0.2, -0.15) is 0 Å². The number of rotatable bonds is 8. The van der Waals surface area contributed by atoms with Gasteiger partial charge in [0.15, 0.2) is 0 Å². The van der Waals surface area contributed by atoms with Crippen molar-refractivity contribution in [2.75, 3.05) is 30.2 Å². The van der Waals surface area contributed by atoms with E-state index in [2.05, 4.69) is 73.4 Å². The lowest BCUT2D eigenvalue weighted by Crippen LogP contribution is -2.26. The van der Waals surface area contributed by atoms with Crippen LogP contribution in [0.25, 0.3) is 0 Å². The van der Waals surface area contributed by atoms with Gasteiger partial charge in [-0.1, -0.05) is 43.7 Å². The summed E-state index contributed by atoms with van der Waals surface area (Å²) in [7, 11) is -1.10. The zero-order valence-electron chi connectivity index (χ0n) is 19.5. The van der Waals surface area contributed by atoms with E-state index in [1.807, 2.05) is 6.07 Å². The normalized spacial score (nSPS) is 22.7. The Morgan fingerprint density at radius 1 is 1.19 bits per heavy atom. The highest BCUT2D eigenvalue weighted by molar-refractivity contribution is 7.86. The van der Waals surface area contributed by atoms with Gasteiger partial charge in [-0.15, -0.1) is 0 Å². The molecule has 0 amide bonds. The summed E-state index contributed by atoms with van der Waals surface area (Å²) >= 11 is 0. The third kappa shape index (κ3) is 5.44. The molecule has 0 radical (unpaired) electrons.